The van der Waals surface area contributed by atoms with Crippen molar-refractivity contribution in [1.82, 2.24) is 29.2 Å². The summed E-state index contributed by atoms with van der Waals surface area (Å²) in [5.74, 6) is -2.08. The lowest BCUT2D eigenvalue weighted by Gasteiger charge is -2.33. The van der Waals surface area contributed by atoms with Gasteiger partial charge in [0.25, 0.3) is 0 Å². The molecule has 0 amide bonds. The minimum Gasteiger partial charge on any atom is -0.310 e. The highest BCUT2D eigenvalue weighted by Gasteiger charge is 2.30. The Morgan fingerprint density at radius 1 is 1.06 bits per heavy atom. The van der Waals surface area contributed by atoms with Crippen molar-refractivity contribution in [3.05, 3.63) is 70.0 Å². The first kappa shape index (κ1) is 22.7. The minimum atomic E-state index is -1.12. The van der Waals surface area contributed by atoms with Gasteiger partial charge in [-0.25, -0.2) is 22.9 Å². The number of hydrogen-bond donors (Lipinski definition) is 2. The molecule has 180 valence electrons. The Morgan fingerprint density at radius 2 is 1.85 bits per heavy atom. The first-order valence-electron chi connectivity index (χ1n) is 11.4. The first-order valence-corrected chi connectivity index (χ1v) is 11.4. The Labute approximate surface area is 194 Å². The normalized spacial score (nSPS) is 21.0. The largest absolute Gasteiger partial charge is 0.328 e. The van der Waals surface area contributed by atoms with Crippen molar-refractivity contribution in [3.63, 3.8) is 0 Å². The lowest BCUT2D eigenvalue weighted by atomic mass is 9.89. The van der Waals surface area contributed by atoms with Gasteiger partial charge in [-0.3, -0.25) is 9.13 Å². The maximum absolute atomic E-state index is 14.9. The van der Waals surface area contributed by atoms with E-state index in [1.165, 1.54) is 24.7 Å². The number of aryl methyl sites for hydroxylation is 2. The van der Waals surface area contributed by atoms with Gasteiger partial charge in [0.1, 0.15) is 17.3 Å². The predicted octanol–water partition coefficient (Wildman–Crippen LogP) is 2.94. The zero-order valence-corrected chi connectivity index (χ0v) is 19.1. The molecular formula is C24H27F3N6O. The van der Waals surface area contributed by atoms with Gasteiger partial charge in [0.15, 0.2) is 11.6 Å². The van der Waals surface area contributed by atoms with Crippen LogP contribution in [0.1, 0.15) is 30.4 Å². The van der Waals surface area contributed by atoms with Gasteiger partial charge in [0.2, 0.25) is 0 Å². The van der Waals surface area contributed by atoms with Gasteiger partial charge in [-0.1, -0.05) is 6.07 Å². The van der Waals surface area contributed by atoms with E-state index in [4.69, 9.17) is 0 Å². The molecule has 3 aromatic heterocycles. The second-order valence-corrected chi connectivity index (χ2v) is 9.02. The van der Waals surface area contributed by atoms with E-state index in [-0.39, 0.29) is 23.7 Å². The van der Waals surface area contributed by atoms with Crippen LogP contribution < -0.4 is 16.3 Å². The zero-order valence-electron chi connectivity index (χ0n) is 19.1. The fourth-order valence-electron chi connectivity index (χ4n) is 4.95. The van der Waals surface area contributed by atoms with Crippen molar-refractivity contribution >= 4 is 16.7 Å². The van der Waals surface area contributed by atoms with E-state index in [1.807, 2.05) is 28.9 Å². The third kappa shape index (κ3) is 3.90. The molecule has 0 saturated heterocycles. The van der Waals surface area contributed by atoms with E-state index in [2.05, 4.69) is 15.6 Å². The molecule has 1 fully saturated rings. The molecule has 0 unspecified atom stereocenters. The molecule has 4 aromatic rings. The van der Waals surface area contributed by atoms with E-state index in [1.54, 1.807) is 6.20 Å². The number of benzene rings is 1. The molecule has 1 aliphatic carbocycles. The van der Waals surface area contributed by atoms with Gasteiger partial charge in [-0.2, -0.15) is 0 Å². The molecule has 2 N–H and O–H groups in total. The molecule has 1 aromatic carbocycles. The van der Waals surface area contributed by atoms with E-state index < -0.39 is 29.5 Å². The topological polar surface area (TPSA) is 68.3 Å². The van der Waals surface area contributed by atoms with Crippen LogP contribution in [0.15, 0.2) is 41.6 Å². The summed E-state index contributed by atoms with van der Waals surface area (Å²) in [5, 5.41) is 6.49. The molecule has 34 heavy (non-hydrogen) atoms. The Kier molecular flexibility index (Phi) is 5.95. The van der Waals surface area contributed by atoms with Crippen LogP contribution >= 0.6 is 0 Å². The van der Waals surface area contributed by atoms with E-state index >= 15 is 0 Å². The molecule has 1 saturated carbocycles. The maximum atomic E-state index is 14.9. The summed E-state index contributed by atoms with van der Waals surface area (Å²) in [6, 6.07) is 4.98. The van der Waals surface area contributed by atoms with Gasteiger partial charge in [-0.05, 0) is 31.4 Å². The summed E-state index contributed by atoms with van der Waals surface area (Å²) in [4.78, 5) is 16.5. The number of fused-ring (bicyclic) bond motifs is 2. The van der Waals surface area contributed by atoms with Crippen molar-refractivity contribution in [2.75, 3.05) is 0 Å². The highest BCUT2D eigenvalue weighted by atomic mass is 19.2. The van der Waals surface area contributed by atoms with Crippen molar-refractivity contribution in [1.29, 1.82) is 0 Å². The number of nitrogens with one attached hydrogen (secondary N) is 2. The third-order valence-electron chi connectivity index (χ3n) is 6.91. The SMILES string of the molecule is Cn1c(=O)n(C)c2c(F)c(F)c(CN[C@@H]3CC[C@@H](NCc4cccn5ccnc45)C[C@@H]3F)cc21. The van der Waals surface area contributed by atoms with E-state index in [0.29, 0.717) is 24.9 Å². The predicted molar refractivity (Wildman–Crippen MR) is 123 cm³/mol. The van der Waals surface area contributed by atoms with Crippen LogP contribution in [0.25, 0.3) is 16.7 Å². The minimum absolute atomic E-state index is 0.0210. The average molecular weight is 473 g/mol. The molecule has 5 rings (SSSR count). The number of halogens is 3. The van der Waals surface area contributed by atoms with E-state index in [9.17, 15) is 18.0 Å². The van der Waals surface area contributed by atoms with Gasteiger partial charge < -0.3 is 15.0 Å². The molecule has 3 atom stereocenters. The van der Waals surface area contributed by atoms with Crippen LogP contribution in [-0.4, -0.2) is 36.8 Å². The Balaban J connectivity index is 1.21. The number of pyridine rings is 1. The van der Waals surface area contributed by atoms with Crippen LogP contribution in [0.5, 0.6) is 0 Å². The molecule has 0 bridgehead atoms. The van der Waals surface area contributed by atoms with Gasteiger partial charge >= 0.3 is 5.69 Å². The Morgan fingerprint density at radius 3 is 2.65 bits per heavy atom. The molecule has 0 radical (unpaired) electrons. The monoisotopic (exact) mass is 472 g/mol. The van der Waals surface area contributed by atoms with Gasteiger partial charge in [0.05, 0.1) is 5.52 Å². The van der Waals surface area contributed by atoms with Crippen molar-refractivity contribution in [2.45, 2.75) is 50.6 Å². The first-order chi connectivity index (χ1) is 16.3. The van der Waals surface area contributed by atoms with Crippen LogP contribution in [0, 0.1) is 11.6 Å². The second kappa shape index (κ2) is 8.92. The highest BCUT2D eigenvalue weighted by Crippen LogP contribution is 2.25. The summed E-state index contributed by atoms with van der Waals surface area (Å²) >= 11 is 0. The van der Waals surface area contributed by atoms with Crippen LogP contribution in [0.3, 0.4) is 0 Å². The van der Waals surface area contributed by atoms with Crippen LogP contribution in [-0.2, 0) is 27.2 Å². The maximum Gasteiger partial charge on any atom is 0.328 e. The molecular weight excluding hydrogens is 445 g/mol. The lowest BCUT2D eigenvalue weighted by Crippen LogP contribution is -2.46. The Hall–Kier alpha value is -3.11. The van der Waals surface area contributed by atoms with Crippen molar-refractivity contribution in [3.8, 4) is 0 Å². The quantitative estimate of drug-likeness (QED) is 0.453. The number of aromatic nitrogens is 4. The molecule has 0 spiro atoms. The number of rotatable bonds is 6. The summed E-state index contributed by atoms with van der Waals surface area (Å²) in [6.07, 6.45) is 6.11. The summed E-state index contributed by atoms with van der Waals surface area (Å²) in [5.41, 5.74) is 1.80. The van der Waals surface area contributed by atoms with Crippen molar-refractivity contribution in [2.24, 2.45) is 14.1 Å². The van der Waals surface area contributed by atoms with E-state index in [0.717, 1.165) is 22.2 Å². The summed E-state index contributed by atoms with van der Waals surface area (Å²) < 4.78 is 48.6. The Bertz CT molecular complexity index is 1410. The molecule has 7 nitrogen and oxygen atoms in total. The number of hydrogen-bond acceptors (Lipinski definition) is 4. The average Bonchev–Trinajstić information content (AvgIpc) is 3.39. The smallest absolute Gasteiger partial charge is 0.310 e. The van der Waals surface area contributed by atoms with Gasteiger partial charge in [-0.15, -0.1) is 0 Å². The lowest BCUT2D eigenvalue weighted by molar-refractivity contribution is 0.160. The number of alkyl halides is 1. The standard InChI is InChI=1S/C24H27F3N6O/c1-31-19-10-15(20(26)21(27)22(19)32(2)24(31)34)13-30-18-6-5-16(11-17(18)25)29-12-14-4-3-8-33-9-7-28-23(14)33/h3-4,7-10,16-18,29-30H,5-6,11-13H2,1-2H3/t16-,17+,18-/m1/s1. The summed E-state index contributed by atoms with van der Waals surface area (Å²) in [7, 11) is 2.92. The second-order valence-electron chi connectivity index (χ2n) is 9.02. The zero-order chi connectivity index (χ0) is 24.0. The van der Waals surface area contributed by atoms with Gasteiger partial charge in [0, 0.05) is 69.0 Å². The summed E-state index contributed by atoms with van der Waals surface area (Å²) in [6.45, 7) is 0.573. The molecule has 3 heterocycles. The highest BCUT2D eigenvalue weighted by molar-refractivity contribution is 5.78. The molecule has 1 aliphatic rings. The number of nitrogens with zero attached hydrogens (tertiary/aromatic N) is 4. The third-order valence-corrected chi connectivity index (χ3v) is 6.91. The van der Waals surface area contributed by atoms with Crippen molar-refractivity contribution < 1.29 is 13.2 Å². The molecule has 0 aliphatic heterocycles. The fourth-order valence-corrected chi connectivity index (χ4v) is 4.95. The number of imidazole rings is 2. The molecule has 10 heteroatoms. The fraction of sp³-hybridized carbons (Fsp3) is 0.417. The van der Waals surface area contributed by atoms with Crippen LogP contribution in [0.2, 0.25) is 0 Å². The van der Waals surface area contributed by atoms with Crippen LogP contribution in [0.4, 0.5) is 13.2 Å².